The number of guanidine groups is 1. The first-order chi connectivity index (χ1) is 11.0. The Balaban J connectivity index is 1.97. The van der Waals surface area contributed by atoms with Gasteiger partial charge in [-0.1, -0.05) is 12.1 Å². The van der Waals surface area contributed by atoms with Crippen molar-refractivity contribution < 1.29 is 5.11 Å². The minimum Gasteiger partial charge on any atom is -0.506 e. The Labute approximate surface area is 148 Å². The number of hydrogen-bond acceptors (Lipinski definition) is 5. The van der Waals surface area contributed by atoms with Crippen LogP contribution in [0.2, 0.25) is 0 Å². The quantitative estimate of drug-likeness (QED) is 0.544. The van der Waals surface area contributed by atoms with E-state index in [0.717, 1.165) is 16.6 Å². The molecule has 4 rings (SSSR count). The molecule has 0 saturated heterocycles. The fraction of sp³-hybridized carbons (Fsp3) is 0.0667. The molecule has 0 bridgehead atoms. The highest BCUT2D eigenvalue weighted by atomic mass is 79.9. The van der Waals surface area contributed by atoms with Crippen molar-refractivity contribution in [1.29, 1.82) is 0 Å². The van der Waals surface area contributed by atoms with Gasteiger partial charge in [-0.3, -0.25) is 9.88 Å². The van der Waals surface area contributed by atoms with Gasteiger partial charge < -0.3 is 10.8 Å². The first-order valence-corrected chi connectivity index (χ1v) is 8.38. The van der Waals surface area contributed by atoms with Gasteiger partial charge in [0.05, 0.1) is 20.0 Å². The van der Waals surface area contributed by atoms with Gasteiger partial charge in [0, 0.05) is 0 Å². The largest absolute Gasteiger partial charge is 0.506 e. The standard InChI is InChI=1S/C15H11Br2N5O/c16-8-5-7(6-9(17)12(8)23)13-20-14(18)21-15-19-10-3-1-2-4-11(10)22(13)15/h1-6,13,23H,(H3,18,19,20,21). The molecule has 0 fully saturated rings. The summed E-state index contributed by atoms with van der Waals surface area (Å²) in [6, 6.07) is 11.5. The molecule has 3 aromatic rings. The summed E-state index contributed by atoms with van der Waals surface area (Å²) in [7, 11) is 0. The number of nitrogens with one attached hydrogen (secondary N) is 1. The Kier molecular flexibility index (Phi) is 3.31. The van der Waals surface area contributed by atoms with E-state index in [4.69, 9.17) is 5.73 Å². The molecule has 6 nitrogen and oxygen atoms in total. The Bertz CT molecular complexity index is 943. The van der Waals surface area contributed by atoms with E-state index in [1.165, 1.54) is 0 Å². The molecule has 2 heterocycles. The van der Waals surface area contributed by atoms with E-state index in [2.05, 4.69) is 47.2 Å². The molecule has 1 aromatic heterocycles. The van der Waals surface area contributed by atoms with Crippen LogP contribution in [0.1, 0.15) is 11.7 Å². The van der Waals surface area contributed by atoms with E-state index in [9.17, 15) is 5.11 Å². The van der Waals surface area contributed by atoms with E-state index in [1.54, 1.807) is 0 Å². The van der Waals surface area contributed by atoms with Crippen molar-refractivity contribution >= 4 is 54.8 Å². The summed E-state index contributed by atoms with van der Waals surface area (Å²) in [5.41, 5.74) is 8.61. The van der Waals surface area contributed by atoms with Crippen molar-refractivity contribution in [1.82, 2.24) is 9.55 Å². The minimum atomic E-state index is -0.369. The molecular formula is C15H11Br2N5O. The van der Waals surface area contributed by atoms with Crippen molar-refractivity contribution in [2.24, 2.45) is 10.7 Å². The number of hydrogen-bond donors (Lipinski definition) is 3. The maximum Gasteiger partial charge on any atom is 0.212 e. The topological polar surface area (TPSA) is 88.5 Å². The van der Waals surface area contributed by atoms with Crippen molar-refractivity contribution in [3.05, 3.63) is 50.9 Å². The molecule has 1 aliphatic rings. The maximum atomic E-state index is 9.92. The molecule has 2 aromatic carbocycles. The zero-order valence-corrected chi connectivity index (χ0v) is 14.8. The second-order valence-electron chi connectivity index (χ2n) is 5.14. The van der Waals surface area contributed by atoms with Crippen LogP contribution in [0.15, 0.2) is 50.3 Å². The number of nitrogens with zero attached hydrogens (tertiary/aromatic N) is 3. The van der Waals surface area contributed by atoms with Crippen molar-refractivity contribution in [3.8, 4) is 5.75 Å². The predicted octanol–water partition coefficient (Wildman–Crippen LogP) is 3.55. The number of phenolic OH excluding ortho intramolecular Hbond substituents is 1. The zero-order valence-electron chi connectivity index (χ0n) is 11.7. The summed E-state index contributed by atoms with van der Waals surface area (Å²) < 4.78 is 3.15. The van der Waals surface area contributed by atoms with Gasteiger partial charge in [-0.25, -0.2) is 9.98 Å². The first kappa shape index (κ1) is 14.5. The van der Waals surface area contributed by atoms with Gasteiger partial charge in [-0.2, -0.15) is 0 Å². The lowest BCUT2D eigenvalue weighted by atomic mass is 10.1. The molecule has 23 heavy (non-hydrogen) atoms. The van der Waals surface area contributed by atoms with Crippen LogP contribution in [0.25, 0.3) is 11.0 Å². The van der Waals surface area contributed by atoms with Gasteiger partial charge in [0.2, 0.25) is 5.95 Å². The molecule has 1 unspecified atom stereocenters. The summed E-state index contributed by atoms with van der Waals surface area (Å²) in [6.45, 7) is 0. The number of fused-ring (bicyclic) bond motifs is 3. The molecule has 0 spiro atoms. The number of phenols is 1. The number of rotatable bonds is 1. The second kappa shape index (κ2) is 5.24. The Morgan fingerprint density at radius 3 is 2.61 bits per heavy atom. The van der Waals surface area contributed by atoms with Crippen molar-refractivity contribution in [2.45, 2.75) is 6.17 Å². The van der Waals surface area contributed by atoms with Crippen LogP contribution in [0.4, 0.5) is 5.95 Å². The number of benzene rings is 2. The van der Waals surface area contributed by atoms with Gasteiger partial charge in [0.1, 0.15) is 5.75 Å². The third-order valence-electron chi connectivity index (χ3n) is 3.68. The van der Waals surface area contributed by atoms with E-state index in [0.29, 0.717) is 20.9 Å². The molecular weight excluding hydrogens is 426 g/mol. The number of halogens is 2. The molecule has 116 valence electrons. The highest BCUT2D eigenvalue weighted by molar-refractivity contribution is 9.11. The molecule has 0 amide bonds. The Morgan fingerprint density at radius 2 is 1.87 bits per heavy atom. The Hall–Kier alpha value is -2.06. The van der Waals surface area contributed by atoms with E-state index in [-0.39, 0.29) is 11.9 Å². The SMILES string of the molecule is NC1=NC(c2cc(Br)c(O)c(Br)c2)n2c(nc3ccccc32)N1. The van der Waals surface area contributed by atoms with Crippen LogP contribution in [0.5, 0.6) is 5.75 Å². The number of imidazole rings is 1. The number of nitrogens with two attached hydrogens (primary N) is 1. The molecule has 1 aliphatic heterocycles. The maximum absolute atomic E-state index is 9.92. The average Bonchev–Trinajstić information content (AvgIpc) is 2.89. The van der Waals surface area contributed by atoms with Crippen LogP contribution in [0, 0.1) is 0 Å². The molecule has 0 radical (unpaired) electrons. The zero-order chi connectivity index (χ0) is 16.1. The molecule has 0 aliphatic carbocycles. The van der Waals surface area contributed by atoms with E-state index >= 15 is 0 Å². The fourth-order valence-electron chi connectivity index (χ4n) is 2.67. The third kappa shape index (κ3) is 2.29. The monoisotopic (exact) mass is 435 g/mol. The van der Waals surface area contributed by atoms with Crippen molar-refractivity contribution in [3.63, 3.8) is 0 Å². The summed E-state index contributed by atoms with van der Waals surface area (Å²) in [5.74, 6) is 1.09. The number of aromatic hydroxyl groups is 1. The molecule has 4 N–H and O–H groups in total. The normalized spacial score (nSPS) is 16.8. The summed E-state index contributed by atoms with van der Waals surface area (Å²) in [6.07, 6.45) is -0.369. The lowest BCUT2D eigenvalue weighted by molar-refractivity contribution is 0.467. The van der Waals surface area contributed by atoms with E-state index in [1.807, 2.05) is 41.0 Å². The highest BCUT2D eigenvalue weighted by Crippen LogP contribution is 2.39. The number of anilines is 1. The van der Waals surface area contributed by atoms with Crippen LogP contribution in [-0.2, 0) is 0 Å². The minimum absolute atomic E-state index is 0.148. The van der Waals surface area contributed by atoms with Crippen LogP contribution >= 0.6 is 31.9 Å². The average molecular weight is 437 g/mol. The van der Waals surface area contributed by atoms with Crippen LogP contribution in [-0.4, -0.2) is 20.6 Å². The number of aliphatic imine (C=N–C) groups is 1. The summed E-state index contributed by atoms with van der Waals surface area (Å²) in [5, 5.41) is 12.9. The first-order valence-electron chi connectivity index (χ1n) is 6.80. The third-order valence-corrected chi connectivity index (χ3v) is 4.89. The van der Waals surface area contributed by atoms with Crippen molar-refractivity contribution in [2.75, 3.05) is 5.32 Å². The summed E-state index contributed by atoms with van der Waals surface area (Å²) in [4.78, 5) is 9.07. The summed E-state index contributed by atoms with van der Waals surface area (Å²) >= 11 is 6.72. The fourth-order valence-corrected chi connectivity index (χ4v) is 3.90. The highest BCUT2D eigenvalue weighted by Gasteiger charge is 2.26. The van der Waals surface area contributed by atoms with Gasteiger partial charge in [-0.05, 0) is 61.7 Å². The van der Waals surface area contributed by atoms with Gasteiger partial charge in [0.25, 0.3) is 0 Å². The van der Waals surface area contributed by atoms with Gasteiger partial charge >= 0.3 is 0 Å². The Morgan fingerprint density at radius 1 is 1.17 bits per heavy atom. The lowest BCUT2D eigenvalue weighted by Crippen LogP contribution is -2.31. The lowest BCUT2D eigenvalue weighted by Gasteiger charge is -2.24. The van der Waals surface area contributed by atoms with Crippen LogP contribution < -0.4 is 11.1 Å². The van der Waals surface area contributed by atoms with Gasteiger partial charge in [-0.15, -0.1) is 0 Å². The molecule has 1 atom stereocenters. The number of aromatic nitrogens is 2. The second-order valence-corrected chi connectivity index (χ2v) is 6.85. The number of para-hydroxylation sites is 2. The molecule has 8 heteroatoms. The van der Waals surface area contributed by atoms with E-state index < -0.39 is 0 Å². The van der Waals surface area contributed by atoms with Gasteiger partial charge in [0.15, 0.2) is 12.1 Å². The van der Waals surface area contributed by atoms with Crippen LogP contribution in [0.3, 0.4) is 0 Å². The predicted molar refractivity (Wildman–Crippen MR) is 96.6 cm³/mol. The molecule has 0 saturated carbocycles. The smallest absolute Gasteiger partial charge is 0.212 e.